The Morgan fingerprint density at radius 1 is 1.19 bits per heavy atom. The highest BCUT2D eigenvalue weighted by molar-refractivity contribution is 6.30. The van der Waals surface area contributed by atoms with Crippen molar-refractivity contribution in [2.75, 3.05) is 0 Å². The highest BCUT2D eigenvalue weighted by Crippen LogP contribution is 2.33. The van der Waals surface area contributed by atoms with Crippen molar-refractivity contribution in [2.45, 2.75) is 12.2 Å². The van der Waals surface area contributed by atoms with Crippen LogP contribution in [0, 0.1) is 5.82 Å². The number of hydrazine groups is 1. The Kier molecular flexibility index (Phi) is 4.46. The zero-order chi connectivity index (χ0) is 15.6. The number of halogens is 5. The second kappa shape index (κ2) is 5.97. The average molecular weight is 320 g/mol. The van der Waals surface area contributed by atoms with Gasteiger partial charge in [-0.05, 0) is 29.8 Å². The number of nitrogens with zero attached hydrogens (tertiary/aromatic N) is 1. The van der Waals surface area contributed by atoms with Crippen LogP contribution in [0.1, 0.15) is 22.9 Å². The molecular formula is C13H10ClF4N3. The molecule has 0 radical (unpaired) electrons. The van der Waals surface area contributed by atoms with E-state index >= 15 is 0 Å². The molecule has 1 unspecified atom stereocenters. The maximum Gasteiger partial charge on any atom is 0.419 e. The molecule has 0 amide bonds. The van der Waals surface area contributed by atoms with Gasteiger partial charge in [0.15, 0.2) is 0 Å². The molecule has 0 aliphatic rings. The van der Waals surface area contributed by atoms with Crippen LogP contribution in [0.15, 0.2) is 36.5 Å². The van der Waals surface area contributed by atoms with Gasteiger partial charge in [-0.1, -0.05) is 17.7 Å². The minimum atomic E-state index is -4.79. The van der Waals surface area contributed by atoms with E-state index in [1.54, 1.807) is 0 Å². The molecule has 0 saturated carbocycles. The van der Waals surface area contributed by atoms with E-state index in [9.17, 15) is 17.6 Å². The molecule has 0 bridgehead atoms. The van der Waals surface area contributed by atoms with Gasteiger partial charge < -0.3 is 0 Å². The summed E-state index contributed by atoms with van der Waals surface area (Å²) in [5.74, 6) is 4.03. The predicted molar refractivity (Wildman–Crippen MR) is 69.8 cm³/mol. The Labute approximate surface area is 122 Å². The normalized spacial score (nSPS) is 13.2. The van der Waals surface area contributed by atoms with Crippen LogP contribution >= 0.6 is 11.6 Å². The maximum atomic E-state index is 13.3. The summed E-state index contributed by atoms with van der Waals surface area (Å²) >= 11 is 5.70. The summed E-state index contributed by atoms with van der Waals surface area (Å²) in [5.41, 5.74) is 1.51. The topological polar surface area (TPSA) is 50.9 Å². The van der Waals surface area contributed by atoms with Gasteiger partial charge in [0.05, 0.1) is 22.3 Å². The largest absolute Gasteiger partial charge is 0.419 e. The third-order valence-corrected chi connectivity index (χ3v) is 3.07. The fourth-order valence-corrected chi connectivity index (χ4v) is 1.96. The van der Waals surface area contributed by atoms with Crippen LogP contribution in [0.2, 0.25) is 5.02 Å². The molecule has 3 N–H and O–H groups in total. The summed E-state index contributed by atoms with van der Waals surface area (Å²) in [6.45, 7) is 0. The van der Waals surface area contributed by atoms with E-state index in [1.807, 2.05) is 0 Å². The van der Waals surface area contributed by atoms with E-state index in [0.717, 1.165) is 6.07 Å². The van der Waals surface area contributed by atoms with Gasteiger partial charge in [-0.3, -0.25) is 10.8 Å². The summed E-state index contributed by atoms with van der Waals surface area (Å²) < 4.78 is 51.5. The number of hydrogen-bond acceptors (Lipinski definition) is 3. The van der Waals surface area contributed by atoms with Crippen molar-refractivity contribution in [3.05, 3.63) is 64.2 Å². The number of alkyl halides is 3. The second-order valence-electron chi connectivity index (χ2n) is 4.24. The Morgan fingerprint density at radius 3 is 2.43 bits per heavy atom. The van der Waals surface area contributed by atoms with Crippen LogP contribution in [-0.4, -0.2) is 4.98 Å². The highest BCUT2D eigenvalue weighted by Gasteiger charge is 2.34. The summed E-state index contributed by atoms with van der Waals surface area (Å²) in [4.78, 5) is 3.99. The summed E-state index contributed by atoms with van der Waals surface area (Å²) in [6, 6.07) is 4.90. The first-order valence-corrected chi connectivity index (χ1v) is 6.15. The van der Waals surface area contributed by atoms with Crippen molar-refractivity contribution < 1.29 is 17.6 Å². The number of hydrogen-bond donors (Lipinski definition) is 2. The molecule has 112 valence electrons. The summed E-state index contributed by atoms with van der Waals surface area (Å²) in [5, 5.41) is 0.379. The fourth-order valence-electron chi connectivity index (χ4n) is 1.85. The van der Waals surface area contributed by atoms with Crippen molar-refractivity contribution in [1.82, 2.24) is 10.4 Å². The van der Waals surface area contributed by atoms with Gasteiger partial charge >= 0.3 is 6.18 Å². The minimum absolute atomic E-state index is 0.140. The van der Waals surface area contributed by atoms with Crippen LogP contribution in [-0.2, 0) is 6.18 Å². The summed E-state index contributed by atoms with van der Waals surface area (Å²) in [7, 11) is 0. The Balaban J connectivity index is 2.46. The molecule has 2 rings (SSSR count). The standard InChI is InChI=1S/C13H10ClF4N3/c14-8-2-4-11(20-6-8)12(21-19)7-1-3-10(15)9(5-7)13(16,17)18/h1-6,12,21H,19H2. The molecule has 0 aliphatic heterocycles. The zero-order valence-electron chi connectivity index (χ0n) is 10.5. The lowest BCUT2D eigenvalue weighted by Crippen LogP contribution is -2.29. The highest BCUT2D eigenvalue weighted by atomic mass is 35.5. The molecule has 1 atom stereocenters. The number of nitrogens with two attached hydrogens (primary N) is 1. The first kappa shape index (κ1) is 15.7. The van der Waals surface area contributed by atoms with Crippen molar-refractivity contribution in [3.8, 4) is 0 Å². The van der Waals surface area contributed by atoms with Crippen molar-refractivity contribution in [3.63, 3.8) is 0 Å². The smallest absolute Gasteiger partial charge is 0.271 e. The molecule has 0 saturated heterocycles. The van der Waals surface area contributed by atoms with E-state index in [0.29, 0.717) is 16.8 Å². The van der Waals surface area contributed by atoms with Gasteiger partial charge in [0.25, 0.3) is 0 Å². The van der Waals surface area contributed by atoms with Gasteiger partial charge in [0, 0.05) is 6.20 Å². The maximum absolute atomic E-state index is 13.3. The van der Waals surface area contributed by atoms with E-state index in [4.69, 9.17) is 17.4 Å². The number of pyridine rings is 1. The van der Waals surface area contributed by atoms with Crippen LogP contribution in [0.3, 0.4) is 0 Å². The third kappa shape index (κ3) is 3.49. The molecule has 0 spiro atoms. The van der Waals surface area contributed by atoms with E-state index in [2.05, 4.69) is 10.4 Å². The van der Waals surface area contributed by atoms with Crippen LogP contribution in [0.4, 0.5) is 17.6 Å². The Hall–Kier alpha value is -1.70. The molecule has 21 heavy (non-hydrogen) atoms. The number of nitrogens with one attached hydrogen (secondary N) is 1. The third-order valence-electron chi connectivity index (χ3n) is 2.84. The summed E-state index contributed by atoms with van der Waals surface area (Å²) in [6.07, 6.45) is -3.44. The molecule has 8 heteroatoms. The van der Waals surface area contributed by atoms with Crippen molar-refractivity contribution in [2.24, 2.45) is 5.84 Å². The van der Waals surface area contributed by atoms with Gasteiger partial charge in [0.2, 0.25) is 0 Å². The molecule has 2 aromatic rings. The first-order chi connectivity index (χ1) is 9.82. The Morgan fingerprint density at radius 2 is 1.90 bits per heavy atom. The molecule has 3 nitrogen and oxygen atoms in total. The van der Waals surface area contributed by atoms with Crippen LogP contribution in [0.25, 0.3) is 0 Å². The second-order valence-corrected chi connectivity index (χ2v) is 4.67. The molecule has 1 heterocycles. The fraction of sp³-hybridized carbons (Fsp3) is 0.154. The minimum Gasteiger partial charge on any atom is -0.271 e. The number of aromatic nitrogens is 1. The van der Waals surface area contributed by atoms with E-state index < -0.39 is 23.6 Å². The molecule has 1 aromatic heterocycles. The average Bonchev–Trinajstić information content (AvgIpc) is 2.42. The van der Waals surface area contributed by atoms with Gasteiger partial charge in [0.1, 0.15) is 5.82 Å². The monoisotopic (exact) mass is 319 g/mol. The quantitative estimate of drug-likeness (QED) is 0.517. The SMILES string of the molecule is NNC(c1ccc(F)c(C(F)(F)F)c1)c1ccc(Cl)cn1. The van der Waals surface area contributed by atoms with Crippen LogP contribution in [0.5, 0.6) is 0 Å². The van der Waals surface area contributed by atoms with E-state index in [1.165, 1.54) is 24.4 Å². The lowest BCUT2D eigenvalue weighted by Gasteiger charge is -2.18. The van der Waals surface area contributed by atoms with Crippen molar-refractivity contribution in [1.29, 1.82) is 0 Å². The molecule has 0 aliphatic carbocycles. The zero-order valence-corrected chi connectivity index (χ0v) is 11.2. The van der Waals surface area contributed by atoms with Gasteiger partial charge in [-0.15, -0.1) is 0 Å². The van der Waals surface area contributed by atoms with Gasteiger partial charge in [-0.2, -0.15) is 13.2 Å². The molecule has 1 aromatic carbocycles. The Bertz CT molecular complexity index is 628. The van der Waals surface area contributed by atoms with Gasteiger partial charge in [-0.25, -0.2) is 9.82 Å². The van der Waals surface area contributed by atoms with Crippen molar-refractivity contribution >= 4 is 11.6 Å². The number of benzene rings is 1. The molecular weight excluding hydrogens is 310 g/mol. The molecule has 0 fully saturated rings. The first-order valence-electron chi connectivity index (χ1n) is 5.77. The van der Waals surface area contributed by atoms with E-state index in [-0.39, 0.29) is 5.56 Å². The lowest BCUT2D eigenvalue weighted by atomic mass is 10.0. The predicted octanol–water partition coefficient (Wildman–Crippen LogP) is 3.45. The lowest BCUT2D eigenvalue weighted by molar-refractivity contribution is -0.140. The number of rotatable bonds is 3. The van der Waals surface area contributed by atoms with Crippen LogP contribution < -0.4 is 11.3 Å².